The zero-order chi connectivity index (χ0) is 18.3. The maximum absolute atomic E-state index is 12.3. The highest BCUT2D eigenvalue weighted by atomic mass is 16.5. The average Bonchev–Trinajstić information content (AvgIpc) is 3.04. The van der Waals surface area contributed by atoms with Gasteiger partial charge in [-0.2, -0.15) is 0 Å². The Hall–Kier alpha value is -1.94. The number of carbonyl (C=O) groups is 1. The smallest absolute Gasteiger partial charge is 0.159 e. The number of aliphatic imine (C=N–C) groups is 1. The van der Waals surface area contributed by atoms with Crippen LogP contribution in [0.3, 0.4) is 0 Å². The van der Waals surface area contributed by atoms with Gasteiger partial charge in [0.15, 0.2) is 5.78 Å². The number of piperidine rings is 2. The molecule has 3 aliphatic rings. The minimum atomic E-state index is 0.132. The quantitative estimate of drug-likeness (QED) is 0.605. The van der Waals surface area contributed by atoms with E-state index in [9.17, 15) is 4.79 Å². The highest BCUT2D eigenvalue weighted by molar-refractivity contribution is 6.02. The van der Waals surface area contributed by atoms with E-state index in [-0.39, 0.29) is 11.7 Å². The highest BCUT2D eigenvalue weighted by Gasteiger charge is 2.45. The lowest BCUT2D eigenvalue weighted by atomic mass is 9.71. The molecule has 0 saturated carbocycles. The van der Waals surface area contributed by atoms with Crippen molar-refractivity contribution in [3.05, 3.63) is 41.7 Å². The fraction of sp³-hybridized carbons (Fsp3) is 0.545. The van der Waals surface area contributed by atoms with E-state index >= 15 is 0 Å². The third-order valence-electron chi connectivity index (χ3n) is 6.50. The molecule has 138 valence electrons. The third-order valence-corrected chi connectivity index (χ3v) is 6.50. The molecular formula is C22H28N2O2. The number of ether oxygens (including phenoxy) is 1. The van der Waals surface area contributed by atoms with Crippen LogP contribution < -0.4 is 0 Å². The first-order valence-corrected chi connectivity index (χ1v) is 9.79. The van der Waals surface area contributed by atoms with Crippen LogP contribution in [0.15, 0.2) is 41.1 Å². The predicted molar refractivity (Wildman–Crippen MR) is 104 cm³/mol. The molecule has 0 N–H and O–H groups in total. The minimum Gasteiger partial charge on any atom is -0.504 e. The molecule has 1 aromatic carbocycles. The summed E-state index contributed by atoms with van der Waals surface area (Å²) in [7, 11) is 1.63. The summed E-state index contributed by atoms with van der Waals surface area (Å²) in [6.45, 7) is 6.06. The highest BCUT2D eigenvalue weighted by Crippen LogP contribution is 2.46. The number of carbonyl (C=O) groups excluding carboxylic acids is 1. The number of ketones is 1. The number of methoxy groups -OCH3 is 1. The van der Waals surface area contributed by atoms with Gasteiger partial charge in [0.2, 0.25) is 0 Å². The number of hydrogen-bond donors (Lipinski definition) is 0. The lowest BCUT2D eigenvalue weighted by Crippen LogP contribution is -2.55. The van der Waals surface area contributed by atoms with Crippen LogP contribution in [0.2, 0.25) is 0 Å². The van der Waals surface area contributed by atoms with E-state index < -0.39 is 0 Å². The number of fused-ring (bicyclic) bond motifs is 5. The largest absolute Gasteiger partial charge is 0.504 e. The molecule has 4 heteroatoms. The van der Waals surface area contributed by atoms with Gasteiger partial charge < -0.3 is 4.74 Å². The maximum Gasteiger partial charge on any atom is 0.159 e. The van der Waals surface area contributed by atoms with Crippen LogP contribution in [-0.4, -0.2) is 42.6 Å². The number of nitrogens with zero attached hydrogens (tertiary/aromatic N) is 2. The number of benzene rings is 1. The molecule has 0 aromatic heterocycles. The van der Waals surface area contributed by atoms with Gasteiger partial charge in [-0.1, -0.05) is 31.5 Å². The molecule has 2 saturated heterocycles. The molecule has 2 fully saturated rings. The number of allylic oxidation sites excluding steroid dienone is 1. The van der Waals surface area contributed by atoms with Crippen molar-refractivity contribution in [2.24, 2.45) is 16.8 Å². The van der Waals surface area contributed by atoms with Crippen LogP contribution in [0, 0.1) is 11.8 Å². The summed E-state index contributed by atoms with van der Waals surface area (Å²) in [5.41, 5.74) is 4.69. The van der Waals surface area contributed by atoms with Crippen molar-refractivity contribution in [1.29, 1.82) is 0 Å². The van der Waals surface area contributed by atoms with Gasteiger partial charge >= 0.3 is 0 Å². The van der Waals surface area contributed by atoms with Crippen LogP contribution in [0.5, 0.6) is 0 Å². The first-order valence-electron chi connectivity index (χ1n) is 9.79. The van der Waals surface area contributed by atoms with Gasteiger partial charge in [0.05, 0.1) is 19.1 Å². The van der Waals surface area contributed by atoms with E-state index in [1.807, 2.05) is 0 Å². The minimum absolute atomic E-state index is 0.132. The van der Waals surface area contributed by atoms with E-state index in [1.54, 1.807) is 20.3 Å². The van der Waals surface area contributed by atoms with Crippen LogP contribution in [0.1, 0.15) is 44.6 Å². The lowest BCUT2D eigenvalue weighted by molar-refractivity contribution is -0.114. The van der Waals surface area contributed by atoms with Crippen molar-refractivity contribution in [1.82, 2.24) is 4.90 Å². The summed E-state index contributed by atoms with van der Waals surface area (Å²) >= 11 is 0. The molecule has 0 aliphatic carbocycles. The second-order valence-corrected chi connectivity index (χ2v) is 7.82. The van der Waals surface area contributed by atoms with Crippen LogP contribution in [0.4, 0.5) is 5.69 Å². The third kappa shape index (κ3) is 2.81. The Bertz CT molecular complexity index is 767. The number of para-hydroxylation sites is 1. The second kappa shape index (κ2) is 6.99. The van der Waals surface area contributed by atoms with Crippen molar-refractivity contribution in [3.8, 4) is 0 Å². The van der Waals surface area contributed by atoms with Crippen LogP contribution >= 0.6 is 0 Å². The summed E-state index contributed by atoms with van der Waals surface area (Å²) in [6.07, 6.45) is 4.88. The molecule has 0 radical (unpaired) electrons. The van der Waals surface area contributed by atoms with Crippen molar-refractivity contribution < 1.29 is 9.53 Å². The fourth-order valence-corrected chi connectivity index (χ4v) is 5.21. The Kier molecular flexibility index (Phi) is 4.70. The molecule has 4 atom stereocenters. The summed E-state index contributed by atoms with van der Waals surface area (Å²) in [5.74, 6) is 1.34. The molecule has 3 aliphatic heterocycles. The molecule has 4 nitrogen and oxygen atoms in total. The Morgan fingerprint density at radius 3 is 2.92 bits per heavy atom. The van der Waals surface area contributed by atoms with Gasteiger partial charge in [0, 0.05) is 29.8 Å². The van der Waals surface area contributed by atoms with E-state index in [4.69, 9.17) is 9.73 Å². The Morgan fingerprint density at radius 2 is 2.19 bits per heavy atom. The fourth-order valence-electron chi connectivity index (χ4n) is 5.21. The van der Waals surface area contributed by atoms with Crippen molar-refractivity contribution in [3.63, 3.8) is 0 Å². The van der Waals surface area contributed by atoms with Gasteiger partial charge in [-0.15, -0.1) is 0 Å². The number of hydrogen-bond acceptors (Lipinski definition) is 4. The zero-order valence-corrected chi connectivity index (χ0v) is 15.9. The Morgan fingerprint density at radius 1 is 1.38 bits per heavy atom. The van der Waals surface area contributed by atoms with Crippen molar-refractivity contribution >= 4 is 17.2 Å². The van der Waals surface area contributed by atoms with E-state index in [2.05, 4.69) is 36.1 Å². The first-order chi connectivity index (χ1) is 12.6. The van der Waals surface area contributed by atoms with Crippen molar-refractivity contribution in [2.75, 3.05) is 20.2 Å². The summed E-state index contributed by atoms with van der Waals surface area (Å²) < 4.78 is 5.26. The molecule has 0 amide bonds. The monoisotopic (exact) mass is 352 g/mol. The van der Waals surface area contributed by atoms with Gasteiger partial charge in [-0.25, -0.2) is 0 Å². The molecular weight excluding hydrogens is 324 g/mol. The van der Waals surface area contributed by atoms with Gasteiger partial charge in [-0.3, -0.25) is 14.7 Å². The van der Waals surface area contributed by atoms with Crippen LogP contribution in [0.25, 0.3) is 0 Å². The lowest BCUT2D eigenvalue weighted by Gasteiger charge is -2.48. The molecule has 4 rings (SSSR count). The number of Topliss-reactive ketones (excluding diaryl/α,β-unsaturated/α-hetero) is 1. The zero-order valence-electron chi connectivity index (χ0n) is 15.9. The maximum atomic E-state index is 12.3. The van der Waals surface area contributed by atoms with Crippen LogP contribution in [-0.2, 0) is 9.53 Å². The van der Waals surface area contributed by atoms with E-state index in [0.29, 0.717) is 17.9 Å². The summed E-state index contributed by atoms with van der Waals surface area (Å²) in [5, 5.41) is 0. The molecule has 0 bridgehead atoms. The molecule has 3 heterocycles. The Balaban J connectivity index is 1.67. The molecule has 26 heavy (non-hydrogen) atoms. The average molecular weight is 352 g/mol. The van der Waals surface area contributed by atoms with Crippen molar-refractivity contribution in [2.45, 2.75) is 45.1 Å². The van der Waals surface area contributed by atoms with E-state index in [0.717, 1.165) is 43.6 Å². The molecule has 1 aromatic rings. The SMILES string of the molecule is CC[C@@H]1CN2CCC3C(=Nc4ccccc43)[C@@H]2C[C@@H]1/C(=C\OC)C(C)=O. The normalized spacial score (nSPS) is 30.9. The van der Waals surface area contributed by atoms with Gasteiger partial charge in [-0.05, 0) is 49.8 Å². The Labute approximate surface area is 155 Å². The first kappa shape index (κ1) is 17.5. The van der Waals surface area contributed by atoms with Gasteiger partial charge in [0.25, 0.3) is 0 Å². The van der Waals surface area contributed by atoms with E-state index in [1.165, 1.54) is 11.3 Å². The predicted octanol–water partition coefficient (Wildman–Crippen LogP) is 4.10. The van der Waals surface area contributed by atoms with Gasteiger partial charge in [0.1, 0.15) is 0 Å². The number of rotatable bonds is 4. The second-order valence-electron chi connectivity index (χ2n) is 7.82. The summed E-state index contributed by atoms with van der Waals surface area (Å²) in [4.78, 5) is 19.9. The molecule has 1 unspecified atom stereocenters. The standard InChI is InChI=1S/C22H28N2O2/c1-4-15-12-24-10-9-17-16-7-5-6-8-20(16)23-22(17)21(24)11-18(15)19(13-26-3)14(2)25/h5-8,13,15,17-18,21H,4,9-12H2,1-3H3/b19-13-/t15-,17?,18+,21+/m1/s1. The summed E-state index contributed by atoms with van der Waals surface area (Å²) in [6, 6.07) is 8.90. The molecule has 0 spiro atoms. The topological polar surface area (TPSA) is 41.9 Å².